The first-order valence-corrected chi connectivity index (χ1v) is 9.97. The van der Waals surface area contributed by atoms with Gasteiger partial charge in [0.2, 0.25) is 17.8 Å². The predicted molar refractivity (Wildman–Crippen MR) is 120 cm³/mol. The normalized spacial score (nSPS) is 13.8. The van der Waals surface area contributed by atoms with Crippen molar-refractivity contribution in [3.8, 4) is 0 Å². The second-order valence-electron chi connectivity index (χ2n) is 7.08. The number of nitro groups is 1. The highest BCUT2D eigenvalue weighted by atomic mass is 16.6. The molecule has 2 aromatic carbocycles. The van der Waals surface area contributed by atoms with E-state index in [0.717, 1.165) is 31.6 Å². The minimum absolute atomic E-state index is 0.0119. The average molecular weight is 418 g/mol. The molecule has 2 N–H and O–H groups in total. The molecule has 0 saturated carbocycles. The van der Waals surface area contributed by atoms with E-state index in [1.165, 1.54) is 12.1 Å². The predicted octanol–water partition coefficient (Wildman–Crippen LogP) is 3.96. The third-order valence-electron chi connectivity index (χ3n) is 4.84. The lowest BCUT2D eigenvalue weighted by atomic mass is 10.1. The van der Waals surface area contributed by atoms with Gasteiger partial charge in [0.1, 0.15) is 0 Å². The van der Waals surface area contributed by atoms with Crippen LogP contribution in [0.25, 0.3) is 0 Å². The molecule has 10 nitrogen and oxygen atoms in total. The molecular weight excluding hydrogens is 396 g/mol. The Bertz CT molecular complexity index is 1100. The van der Waals surface area contributed by atoms with Gasteiger partial charge in [-0.2, -0.15) is 20.1 Å². The molecule has 1 aliphatic heterocycles. The molecule has 0 radical (unpaired) electrons. The third kappa shape index (κ3) is 5.10. The minimum Gasteiger partial charge on any atom is -0.341 e. The summed E-state index contributed by atoms with van der Waals surface area (Å²) in [5.41, 5.74) is 4.96. The number of para-hydroxylation sites is 1. The SMILES string of the molecule is C/C(=N\Nc1nc(Nc2ccccc2)nc(N2CCCC2)n1)c1cccc([N+](=O)[O-])c1. The van der Waals surface area contributed by atoms with Gasteiger partial charge in [0.15, 0.2) is 0 Å². The quantitative estimate of drug-likeness (QED) is 0.336. The Morgan fingerprint density at radius 2 is 1.77 bits per heavy atom. The summed E-state index contributed by atoms with van der Waals surface area (Å²) in [5.74, 6) is 1.28. The monoisotopic (exact) mass is 418 g/mol. The Morgan fingerprint density at radius 3 is 2.52 bits per heavy atom. The average Bonchev–Trinajstić information content (AvgIpc) is 3.33. The molecular formula is C21H22N8O2. The van der Waals surface area contributed by atoms with Gasteiger partial charge < -0.3 is 10.2 Å². The summed E-state index contributed by atoms with van der Waals surface area (Å²) in [6.07, 6.45) is 2.19. The number of hydrogen-bond donors (Lipinski definition) is 2. The van der Waals surface area contributed by atoms with Gasteiger partial charge >= 0.3 is 0 Å². The van der Waals surface area contributed by atoms with Gasteiger partial charge in [-0.25, -0.2) is 5.43 Å². The zero-order valence-corrected chi connectivity index (χ0v) is 17.0. The first kappa shape index (κ1) is 20.2. The Labute approximate surface area is 179 Å². The zero-order valence-electron chi connectivity index (χ0n) is 17.0. The lowest BCUT2D eigenvalue weighted by Crippen LogP contribution is -2.22. The molecule has 0 atom stereocenters. The van der Waals surface area contributed by atoms with Crippen LogP contribution in [-0.4, -0.2) is 38.7 Å². The first-order valence-electron chi connectivity index (χ1n) is 9.97. The Kier molecular flexibility index (Phi) is 5.97. The van der Waals surface area contributed by atoms with E-state index < -0.39 is 4.92 Å². The van der Waals surface area contributed by atoms with Crippen LogP contribution in [0.3, 0.4) is 0 Å². The molecule has 158 valence electrons. The van der Waals surface area contributed by atoms with Crippen LogP contribution in [-0.2, 0) is 0 Å². The Balaban J connectivity index is 1.59. The largest absolute Gasteiger partial charge is 0.341 e. The van der Waals surface area contributed by atoms with Gasteiger partial charge in [0, 0.05) is 36.5 Å². The highest BCUT2D eigenvalue weighted by Gasteiger charge is 2.17. The van der Waals surface area contributed by atoms with Crippen LogP contribution in [0.2, 0.25) is 0 Å². The standard InChI is InChI=1S/C21H22N8O2/c1-15(16-8-7-11-18(14-16)29(30)31)26-27-20-23-19(22-17-9-3-2-4-10-17)24-21(25-20)28-12-5-6-13-28/h2-4,7-11,14H,5-6,12-13H2,1H3,(H2,22,23,24,25,27)/b26-15+. The van der Waals surface area contributed by atoms with E-state index in [2.05, 4.69) is 35.7 Å². The van der Waals surface area contributed by atoms with Crippen molar-refractivity contribution < 1.29 is 4.92 Å². The van der Waals surface area contributed by atoms with Crippen molar-refractivity contribution in [2.24, 2.45) is 5.10 Å². The molecule has 1 saturated heterocycles. The van der Waals surface area contributed by atoms with Crippen LogP contribution >= 0.6 is 0 Å². The van der Waals surface area contributed by atoms with Crippen LogP contribution in [0.1, 0.15) is 25.3 Å². The summed E-state index contributed by atoms with van der Waals surface area (Å²) >= 11 is 0. The van der Waals surface area contributed by atoms with E-state index in [9.17, 15) is 10.1 Å². The molecule has 0 bridgehead atoms. The van der Waals surface area contributed by atoms with Gasteiger partial charge in [-0.3, -0.25) is 10.1 Å². The first-order chi connectivity index (χ1) is 15.1. The van der Waals surface area contributed by atoms with E-state index in [0.29, 0.717) is 29.1 Å². The second-order valence-corrected chi connectivity index (χ2v) is 7.08. The number of nitrogens with one attached hydrogen (secondary N) is 2. The van der Waals surface area contributed by atoms with Crippen molar-refractivity contribution in [3.63, 3.8) is 0 Å². The molecule has 1 fully saturated rings. The van der Waals surface area contributed by atoms with E-state index in [1.807, 2.05) is 30.3 Å². The summed E-state index contributed by atoms with van der Waals surface area (Å²) in [5, 5.41) is 18.5. The van der Waals surface area contributed by atoms with Gasteiger partial charge in [0.05, 0.1) is 10.6 Å². The van der Waals surface area contributed by atoms with E-state index in [4.69, 9.17) is 0 Å². The third-order valence-corrected chi connectivity index (χ3v) is 4.84. The molecule has 0 amide bonds. The fourth-order valence-electron chi connectivity index (χ4n) is 3.22. The lowest BCUT2D eigenvalue weighted by molar-refractivity contribution is -0.384. The van der Waals surface area contributed by atoms with Crippen LogP contribution in [0.15, 0.2) is 59.7 Å². The molecule has 0 spiro atoms. The highest BCUT2D eigenvalue weighted by molar-refractivity contribution is 5.99. The zero-order chi connectivity index (χ0) is 21.6. The number of aromatic nitrogens is 3. The molecule has 0 aliphatic carbocycles. The number of nitro benzene ring substituents is 1. The summed E-state index contributed by atoms with van der Waals surface area (Å²) in [4.78, 5) is 26.2. The fourth-order valence-corrected chi connectivity index (χ4v) is 3.22. The smallest absolute Gasteiger partial charge is 0.270 e. The van der Waals surface area contributed by atoms with E-state index in [-0.39, 0.29) is 5.69 Å². The molecule has 10 heteroatoms. The van der Waals surface area contributed by atoms with Gasteiger partial charge in [-0.15, -0.1) is 0 Å². The van der Waals surface area contributed by atoms with Crippen molar-refractivity contribution in [2.75, 3.05) is 28.7 Å². The lowest BCUT2D eigenvalue weighted by Gasteiger charge is -2.16. The molecule has 0 unspecified atom stereocenters. The Morgan fingerprint density at radius 1 is 1.03 bits per heavy atom. The number of rotatable bonds is 7. The molecule has 2 heterocycles. The van der Waals surface area contributed by atoms with Crippen molar-refractivity contribution >= 4 is 34.9 Å². The molecule has 31 heavy (non-hydrogen) atoms. The highest BCUT2D eigenvalue weighted by Crippen LogP contribution is 2.21. The maximum atomic E-state index is 11.0. The molecule has 1 aromatic heterocycles. The second kappa shape index (κ2) is 9.16. The summed E-state index contributed by atoms with van der Waals surface area (Å²) in [6.45, 7) is 3.55. The number of hydrazone groups is 1. The number of benzene rings is 2. The van der Waals surface area contributed by atoms with Crippen LogP contribution in [0.4, 0.5) is 29.2 Å². The molecule has 4 rings (SSSR count). The van der Waals surface area contributed by atoms with E-state index >= 15 is 0 Å². The maximum absolute atomic E-state index is 11.0. The van der Waals surface area contributed by atoms with Crippen molar-refractivity contribution in [1.29, 1.82) is 0 Å². The van der Waals surface area contributed by atoms with Crippen molar-refractivity contribution in [3.05, 3.63) is 70.3 Å². The fraction of sp³-hybridized carbons (Fsp3) is 0.238. The number of nitrogens with zero attached hydrogens (tertiary/aromatic N) is 6. The van der Waals surface area contributed by atoms with Gasteiger partial charge in [-0.1, -0.05) is 30.3 Å². The molecule has 3 aromatic rings. The summed E-state index contributed by atoms with van der Waals surface area (Å²) in [6, 6.07) is 16.0. The maximum Gasteiger partial charge on any atom is 0.270 e. The van der Waals surface area contributed by atoms with E-state index in [1.54, 1.807) is 19.1 Å². The van der Waals surface area contributed by atoms with Gasteiger partial charge in [0.25, 0.3) is 5.69 Å². The molecule has 1 aliphatic rings. The van der Waals surface area contributed by atoms with Crippen LogP contribution in [0, 0.1) is 10.1 Å². The van der Waals surface area contributed by atoms with Crippen molar-refractivity contribution in [1.82, 2.24) is 15.0 Å². The van der Waals surface area contributed by atoms with Crippen LogP contribution < -0.4 is 15.6 Å². The van der Waals surface area contributed by atoms with Gasteiger partial charge in [-0.05, 0) is 31.9 Å². The Hall–Kier alpha value is -4.08. The minimum atomic E-state index is -0.431. The summed E-state index contributed by atoms with van der Waals surface area (Å²) < 4.78 is 0. The van der Waals surface area contributed by atoms with Crippen molar-refractivity contribution in [2.45, 2.75) is 19.8 Å². The number of non-ortho nitro benzene ring substituents is 1. The number of anilines is 4. The topological polar surface area (TPSA) is 121 Å². The number of hydrogen-bond acceptors (Lipinski definition) is 9. The summed E-state index contributed by atoms with van der Waals surface area (Å²) in [7, 11) is 0. The van der Waals surface area contributed by atoms with Crippen LogP contribution in [0.5, 0.6) is 0 Å².